The molecule has 1 aromatic rings. The molecule has 4 nitrogen and oxygen atoms in total. The minimum Gasteiger partial charge on any atom is -0.478 e. The highest BCUT2D eigenvalue weighted by Crippen LogP contribution is 2.28. The number of aliphatic carboxylic acids is 1. The SMILES string of the molecule is Cc1ccc(/C=C/C(=O)O)c(OC(F)F)c1C=O. The first-order chi connectivity index (χ1) is 8.45. The molecule has 0 heterocycles. The van der Waals surface area contributed by atoms with Crippen LogP contribution in [0.3, 0.4) is 0 Å². The van der Waals surface area contributed by atoms with Gasteiger partial charge in [0.25, 0.3) is 0 Å². The highest BCUT2D eigenvalue weighted by molar-refractivity contribution is 5.89. The average Bonchev–Trinajstić information content (AvgIpc) is 2.27. The lowest BCUT2D eigenvalue weighted by atomic mass is 10.0. The van der Waals surface area contributed by atoms with E-state index in [1.54, 1.807) is 6.92 Å². The van der Waals surface area contributed by atoms with Gasteiger partial charge in [0, 0.05) is 11.6 Å². The van der Waals surface area contributed by atoms with Gasteiger partial charge in [0.15, 0.2) is 6.29 Å². The molecule has 96 valence electrons. The number of halogens is 2. The van der Waals surface area contributed by atoms with Crippen LogP contribution in [0, 0.1) is 6.92 Å². The summed E-state index contributed by atoms with van der Waals surface area (Å²) < 4.78 is 28.8. The molecule has 6 heteroatoms. The van der Waals surface area contributed by atoms with Crippen LogP contribution in [0.2, 0.25) is 0 Å². The standard InChI is InChI=1S/C12H10F2O4/c1-7-2-3-8(4-5-10(16)17)11(9(7)6-15)18-12(13)14/h2-6,12H,1H3,(H,16,17)/b5-4+. The summed E-state index contributed by atoms with van der Waals surface area (Å²) in [5, 5.41) is 8.48. The molecule has 0 aliphatic rings. The van der Waals surface area contributed by atoms with Gasteiger partial charge in [-0.15, -0.1) is 0 Å². The summed E-state index contributed by atoms with van der Waals surface area (Å²) in [7, 11) is 0. The first-order valence-corrected chi connectivity index (χ1v) is 4.90. The van der Waals surface area contributed by atoms with Gasteiger partial charge in [-0.1, -0.05) is 12.1 Å². The summed E-state index contributed by atoms with van der Waals surface area (Å²) in [5.41, 5.74) is 0.543. The quantitative estimate of drug-likeness (QED) is 0.649. The Labute approximate surface area is 101 Å². The zero-order valence-electron chi connectivity index (χ0n) is 9.39. The minimum absolute atomic E-state index is 0.0251. The third-order valence-corrected chi connectivity index (χ3v) is 2.17. The third-order valence-electron chi connectivity index (χ3n) is 2.17. The number of alkyl halides is 2. The number of hydrogen-bond donors (Lipinski definition) is 1. The second kappa shape index (κ2) is 5.90. The number of aryl methyl sites for hydroxylation is 1. The Hall–Kier alpha value is -2.24. The summed E-state index contributed by atoms with van der Waals surface area (Å²) in [6.45, 7) is -1.53. The molecule has 0 aromatic heterocycles. The van der Waals surface area contributed by atoms with Crippen LogP contribution in [0.1, 0.15) is 21.5 Å². The van der Waals surface area contributed by atoms with Crippen molar-refractivity contribution in [1.29, 1.82) is 0 Å². The van der Waals surface area contributed by atoms with Crippen LogP contribution < -0.4 is 4.74 Å². The van der Waals surface area contributed by atoms with Crippen molar-refractivity contribution in [2.75, 3.05) is 0 Å². The summed E-state index contributed by atoms with van der Waals surface area (Å²) >= 11 is 0. The Balaban J connectivity index is 3.32. The van der Waals surface area contributed by atoms with Crippen LogP contribution in [-0.2, 0) is 4.79 Å². The van der Waals surface area contributed by atoms with Gasteiger partial charge in [-0.2, -0.15) is 8.78 Å². The maximum Gasteiger partial charge on any atom is 0.387 e. The van der Waals surface area contributed by atoms with E-state index in [0.717, 1.165) is 12.2 Å². The van der Waals surface area contributed by atoms with Crippen LogP contribution in [0.5, 0.6) is 5.75 Å². The summed E-state index contributed by atoms with van der Waals surface area (Å²) in [5.74, 6) is -1.55. The van der Waals surface area contributed by atoms with E-state index >= 15 is 0 Å². The third kappa shape index (κ3) is 3.38. The number of hydrogen-bond acceptors (Lipinski definition) is 3. The number of ether oxygens (including phenoxy) is 1. The van der Waals surface area contributed by atoms with E-state index < -0.39 is 12.6 Å². The van der Waals surface area contributed by atoms with Crippen molar-refractivity contribution in [3.05, 3.63) is 34.9 Å². The number of carboxylic acid groups (broad SMARTS) is 1. The molecule has 0 aliphatic carbocycles. The molecule has 1 rings (SSSR count). The molecule has 0 spiro atoms. The lowest BCUT2D eigenvalue weighted by Crippen LogP contribution is -2.07. The number of carbonyl (C=O) groups is 2. The monoisotopic (exact) mass is 256 g/mol. The minimum atomic E-state index is -3.09. The molecule has 0 amide bonds. The van der Waals surface area contributed by atoms with Gasteiger partial charge in [-0.25, -0.2) is 4.79 Å². The number of carboxylic acids is 1. The van der Waals surface area contributed by atoms with E-state index in [-0.39, 0.29) is 16.9 Å². The summed E-state index contributed by atoms with van der Waals surface area (Å²) in [6.07, 6.45) is 2.26. The zero-order chi connectivity index (χ0) is 13.7. The second-order valence-electron chi connectivity index (χ2n) is 3.38. The van der Waals surface area contributed by atoms with Crippen molar-refractivity contribution in [3.63, 3.8) is 0 Å². The van der Waals surface area contributed by atoms with Gasteiger partial charge in [0.1, 0.15) is 5.75 Å². The van der Waals surface area contributed by atoms with E-state index in [2.05, 4.69) is 4.74 Å². The number of aldehydes is 1. The zero-order valence-corrected chi connectivity index (χ0v) is 9.39. The smallest absolute Gasteiger partial charge is 0.387 e. The molecule has 0 aliphatic heterocycles. The van der Waals surface area contributed by atoms with Crippen molar-refractivity contribution >= 4 is 18.3 Å². The fraction of sp³-hybridized carbons (Fsp3) is 0.167. The van der Waals surface area contributed by atoms with Crippen LogP contribution >= 0.6 is 0 Å². The lowest BCUT2D eigenvalue weighted by molar-refractivity contribution is -0.131. The van der Waals surface area contributed by atoms with Crippen molar-refractivity contribution in [1.82, 2.24) is 0 Å². The van der Waals surface area contributed by atoms with Crippen molar-refractivity contribution in [2.24, 2.45) is 0 Å². The topological polar surface area (TPSA) is 63.6 Å². The van der Waals surface area contributed by atoms with E-state index in [4.69, 9.17) is 5.11 Å². The maximum absolute atomic E-state index is 12.3. The van der Waals surface area contributed by atoms with E-state index in [1.165, 1.54) is 12.1 Å². The Kier molecular flexibility index (Phi) is 4.53. The lowest BCUT2D eigenvalue weighted by Gasteiger charge is -2.12. The molecule has 1 aromatic carbocycles. The van der Waals surface area contributed by atoms with Crippen LogP contribution in [-0.4, -0.2) is 24.0 Å². The predicted octanol–water partition coefficient (Wildman–Crippen LogP) is 2.51. The Morgan fingerprint density at radius 2 is 2.11 bits per heavy atom. The molecule has 0 radical (unpaired) electrons. The largest absolute Gasteiger partial charge is 0.478 e. The highest BCUT2D eigenvalue weighted by Gasteiger charge is 2.15. The van der Waals surface area contributed by atoms with E-state index in [9.17, 15) is 18.4 Å². The fourth-order valence-corrected chi connectivity index (χ4v) is 1.37. The van der Waals surface area contributed by atoms with Gasteiger partial charge in [-0.3, -0.25) is 4.79 Å². The highest BCUT2D eigenvalue weighted by atomic mass is 19.3. The van der Waals surface area contributed by atoms with Crippen molar-refractivity contribution < 1.29 is 28.2 Å². The molecular weight excluding hydrogens is 246 g/mol. The Morgan fingerprint density at radius 3 is 2.61 bits per heavy atom. The Morgan fingerprint density at radius 1 is 1.44 bits per heavy atom. The molecule has 0 bridgehead atoms. The fourth-order valence-electron chi connectivity index (χ4n) is 1.37. The van der Waals surface area contributed by atoms with Crippen LogP contribution in [0.4, 0.5) is 8.78 Å². The average molecular weight is 256 g/mol. The molecule has 0 saturated heterocycles. The molecule has 0 atom stereocenters. The summed E-state index contributed by atoms with van der Waals surface area (Å²) in [6, 6.07) is 2.92. The normalized spacial score (nSPS) is 10.9. The molecule has 0 saturated carbocycles. The van der Waals surface area contributed by atoms with Crippen molar-refractivity contribution in [2.45, 2.75) is 13.5 Å². The van der Waals surface area contributed by atoms with Gasteiger partial charge in [0.05, 0.1) is 5.56 Å². The van der Waals surface area contributed by atoms with Gasteiger partial charge >= 0.3 is 12.6 Å². The van der Waals surface area contributed by atoms with Gasteiger partial charge < -0.3 is 9.84 Å². The number of benzene rings is 1. The predicted molar refractivity (Wildman–Crippen MR) is 59.9 cm³/mol. The molecule has 0 unspecified atom stereocenters. The van der Waals surface area contributed by atoms with Gasteiger partial charge in [0.2, 0.25) is 0 Å². The number of carbonyl (C=O) groups excluding carboxylic acids is 1. The van der Waals surface area contributed by atoms with Gasteiger partial charge in [-0.05, 0) is 18.6 Å². The molecule has 1 N–H and O–H groups in total. The summed E-state index contributed by atoms with van der Waals surface area (Å²) in [4.78, 5) is 21.2. The Bertz CT molecular complexity index is 495. The van der Waals surface area contributed by atoms with E-state index in [0.29, 0.717) is 11.8 Å². The first kappa shape index (κ1) is 13.8. The van der Waals surface area contributed by atoms with Crippen LogP contribution in [0.15, 0.2) is 18.2 Å². The van der Waals surface area contributed by atoms with Crippen molar-refractivity contribution in [3.8, 4) is 5.75 Å². The second-order valence-corrected chi connectivity index (χ2v) is 3.38. The molecular formula is C12H10F2O4. The van der Waals surface area contributed by atoms with E-state index in [1.807, 2.05) is 0 Å². The molecule has 0 fully saturated rings. The maximum atomic E-state index is 12.3. The first-order valence-electron chi connectivity index (χ1n) is 4.90. The van der Waals surface area contributed by atoms with Crippen LogP contribution in [0.25, 0.3) is 6.08 Å². The number of rotatable bonds is 5. The molecule has 18 heavy (non-hydrogen) atoms.